The van der Waals surface area contributed by atoms with Gasteiger partial charge < -0.3 is 0 Å². The maximum absolute atomic E-state index is 11.1. The summed E-state index contributed by atoms with van der Waals surface area (Å²) < 4.78 is 0.791. The van der Waals surface area contributed by atoms with E-state index in [4.69, 9.17) is 0 Å². The van der Waals surface area contributed by atoms with Crippen LogP contribution in [0.5, 0.6) is 0 Å². The summed E-state index contributed by atoms with van der Waals surface area (Å²) in [6.07, 6.45) is 0. The molecule has 0 aromatic heterocycles. The Morgan fingerprint density at radius 3 is 2.50 bits per heavy atom. The molecule has 5 heteroatoms. The lowest BCUT2D eigenvalue weighted by Gasteiger charge is -2.02. The molecule has 0 atom stereocenters. The van der Waals surface area contributed by atoms with Gasteiger partial charge in [-0.1, -0.05) is 0 Å². The lowest BCUT2D eigenvalue weighted by molar-refractivity contribution is -0.385. The Bertz CT molecular complexity index is 376. The fourth-order valence-corrected chi connectivity index (χ4v) is 1.55. The highest BCUT2D eigenvalue weighted by Crippen LogP contribution is 2.24. The van der Waals surface area contributed by atoms with Crippen LogP contribution in [0.25, 0.3) is 0 Å². The number of nitro benzene ring substituents is 1. The summed E-state index contributed by atoms with van der Waals surface area (Å²) in [5, 5.41) is 10.6. The molecule has 1 aromatic carbocycles. The van der Waals surface area contributed by atoms with E-state index >= 15 is 0 Å². The van der Waals surface area contributed by atoms with Crippen LogP contribution in [-0.4, -0.2) is 10.7 Å². The summed E-state index contributed by atoms with van der Waals surface area (Å²) >= 11 is 2.01. The van der Waals surface area contributed by atoms with Gasteiger partial charge in [-0.3, -0.25) is 14.9 Å². The third-order valence-electron chi connectivity index (χ3n) is 1.85. The monoisotopic (exact) mass is 305 g/mol. The lowest BCUT2D eigenvalue weighted by Crippen LogP contribution is -2.01. The number of carbonyl (C=O) groups is 1. The molecule has 0 amide bonds. The second-order valence-electron chi connectivity index (χ2n) is 2.93. The van der Waals surface area contributed by atoms with Gasteiger partial charge in [-0.15, -0.1) is 0 Å². The van der Waals surface area contributed by atoms with Crippen LogP contribution in [-0.2, 0) is 0 Å². The number of nitrogens with zero attached hydrogens (tertiary/aromatic N) is 1. The average molecular weight is 305 g/mol. The normalized spacial score (nSPS) is 9.93. The van der Waals surface area contributed by atoms with Crippen LogP contribution in [0.4, 0.5) is 5.69 Å². The van der Waals surface area contributed by atoms with Gasteiger partial charge in [0.2, 0.25) is 0 Å². The van der Waals surface area contributed by atoms with Crippen molar-refractivity contribution in [3.05, 3.63) is 36.9 Å². The Labute approximate surface area is 94.6 Å². The van der Waals surface area contributed by atoms with Crippen molar-refractivity contribution >= 4 is 34.1 Å². The molecule has 1 rings (SSSR count). The summed E-state index contributed by atoms with van der Waals surface area (Å²) in [6, 6.07) is 2.98. The smallest absolute Gasteiger partial charge is 0.281 e. The molecule has 0 saturated carbocycles. The van der Waals surface area contributed by atoms with Crippen molar-refractivity contribution in [1.29, 1.82) is 0 Å². The SMILES string of the molecule is CC(=O)c1cc(C)c(I)cc1[N+](=O)[O-]. The molecule has 0 N–H and O–H groups in total. The molecule has 0 radical (unpaired) electrons. The molecule has 0 heterocycles. The Morgan fingerprint density at radius 2 is 2.07 bits per heavy atom. The number of benzene rings is 1. The van der Waals surface area contributed by atoms with Gasteiger partial charge in [-0.2, -0.15) is 0 Å². The van der Waals surface area contributed by atoms with Crippen molar-refractivity contribution in [2.45, 2.75) is 13.8 Å². The fourth-order valence-electron chi connectivity index (χ4n) is 1.10. The molecule has 14 heavy (non-hydrogen) atoms. The second-order valence-corrected chi connectivity index (χ2v) is 4.09. The molecular formula is C9H8INO3. The molecule has 0 aliphatic heterocycles. The first-order valence-corrected chi connectivity index (χ1v) is 4.97. The van der Waals surface area contributed by atoms with Crippen molar-refractivity contribution in [2.24, 2.45) is 0 Å². The first-order chi connectivity index (χ1) is 6.43. The van der Waals surface area contributed by atoms with Crippen molar-refractivity contribution < 1.29 is 9.72 Å². The van der Waals surface area contributed by atoms with E-state index in [9.17, 15) is 14.9 Å². The van der Waals surface area contributed by atoms with E-state index in [0.29, 0.717) is 0 Å². The zero-order chi connectivity index (χ0) is 10.9. The van der Waals surface area contributed by atoms with E-state index in [1.54, 1.807) is 6.07 Å². The largest absolute Gasteiger partial charge is 0.294 e. The van der Waals surface area contributed by atoms with Gasteiger partial charge in [0.15, 0.2) is 5.78 Å². The van der Waals surface area contributed by atoms with E-state index in [2.05, 4.69) is 0 Å². The van der Waals surface area contributed by atoms with Gasteiger partial charge in [0, 0.05) is 9.64 Å². The molecule has 74 valence electrons. The summed E-state index contributed by atoms with van der Waals surface area (Å²) in [5.74, 6) is -0.281. The zero-order valence-electron chi connectivity index (χ0n) is 7.70. The fraction of sp³-hybridized carbons (Fsp3) is 0.222. The second kappa shape index (κ2) is 4.04. The highest BCUT2D eigenvalue weighted by Gasteiger charge is 2.18. The van der Waals surface area contributed by atoms with Gasteiger partial charge in [-0.05, 0) is 48.1 Å². The van der Waals surface area contributed by atoms with Gasteiger partial charge in [0.1, 0.15) is 0 Å². The molecule has 0 aliphatic rings. The third-order valence-corrected chi connectivity index (χ3v) is 3.02. The Morgan fingerprint density at radius 1 is 1.50 bits per heavy atom. The predicted octanol–water partition coefficient (Wildman–Crippen LogP) is 2.71. The lowest BCUT2D eigenvalue weighted by atomic mass is 10.1. The van der Waals surface area contributed by atoms with Crippen LogP contribution in [0.2, 0.25) is 0 Å². The standard InChI is InChI=1S/C9H8INO3/c1-5-3-7(6(2)12)9(11(13)14)4-8(5)10/h3-4H,1-2H3. The minimum Gasteiger partial charge on any atom is -0.294 e. The minimum atomic E-state index is -0.529. The number of aryl methyl sites for hydroxylation is 1. The third kappa shape index (κ3) is 2.09. The number of rotatable bonds is 2. The number of halogens is 1. The van der Waals surface area contributed by atoms with Crippen molar-refractivity contribution in [2.75, 3.05) is 0 Å². The molecule has 0 spiro atoms. The van der Waals surface area contributed by atoms with E-state index in [1.165, 1.54) is 13.0 Å². The quantitative estimate of drug-likeness (QED) is 0.365. The van der Waals surface area contributed by atoms with Gasteiger partial charge >= 0.3 is 0 Å². The van der Waals surface area contributed by atoms with Crippen LogP contribution >= 0.6 is 22.6 Å². The van der Waals surface area contributed by atoms with E-state index < -0.39 is 4.92 Å². The zero-order valence-corrected chi connectivity index (χ0v) is 9.86. The van der Waals surface area contributed by atoms with Crippen LogP contribution in [0.1, 0.15) is 22.8 Å². The number of Topliss-reactive ketones (excluding diaryl/α,β-unsaturated/α-hetero) is 1. The molecule has 0 unspecified atom stereocenters. The Kier molecular flexibility index (Phi) is 3.20. The number of hydrogen-bond donors (Lipinski definition) is 0. The maximum atomic E-state index is 11.1. The summed E-state index contributed by atoms with van der Waals surface area (Å²) in [7, 11) is 0. The predicted molar refractivity (Wildman–Crippen MR) is 60.6 cm³/mol. The summed E-state index contributed by atoms with van der Waals surface area (Å²) in [6.45, 7) is 3.15. The van der Waals surface area contributed by atoms with Gasteiger partial charge in [0.25, 0.3) is 5.69 Å². The van der Waals surface area contributed by atoms with Gasteiger partial charge in [-0.25, -0.2) is 0 Å². The minimum absolute atomic E-state index is 0.118. The molecule has 0 saturated heterocycles. The van der Waals surface area contributed by atoms with Crippen LogP contribution < -0.4 is 0 Å². The van der Waals surface area contributed by atoms with Crippen LogP contribution in [0.15, 0.2) is 12.1 Å². The first kappa shape index (κ1) is 11.1. The first-order valence-electron chi connectivity index (χ1n) is 3.89. The maximum Gasteiger partial charge on any atom is 0.281 e. The van der Waals surface area contributed by atoms with Crippen LogP contribution in [0.3, 0.4) is 0 Å². The van der Waals surface area contributed by atoms with Gasteiger partial charge in [0.05, 0.1) is 10.5 Å². The molecule has 0 aliphatic carbocycles. The molecular weight excluding hydrogens is 297 g/mol. The molecule has 0 bridgehead atoms. The van der Waals surface area contributed by atoms with Crippen molar-refractivity contribution in [3.63, 3.8) is 0 Å². The average Bonchev–Trinajstić information content (AvgIpc) is 2.08. The molecule has 0 fully saturated rings. The highest BCUT2D eigenvalue weighted by atomic mass is 127. The number of ketones is 1. The molecule has 1 aromatic rings. The van der Waals surface area contributed by atoms with E-state index in [0.717, 1.165) is 9.13 Å². The number of hydrogen-bond acceptors (Lipinski definition) is 3. The Hall–Kier alpha value is -0.980. The number of nitro groups is 1. The Balaban J connectivity index is 3.46. The highest BCUT2D eigenvalue weighted by molar-refractivity contribution is 14.1. The number of carbonyl (C=O) groups excluding carboxylic acids is 1. The summed E-state index contributed by atoms with van der Waals surface area (Å²) in [5.41, 5.74) is 0.932. The van der Waals surface area contributed by atoms with E-state index in [1.807, 2.05) is 29.5 Å². The van der Waals surface area contributed by atoms with Crippen LogP contribution in [0, 0.1) is 20.6 Å². The van der Waals surface area contributed by atoms with Crippen molar-refractivity contribution in [1.82, 2.24) is 0 Å². The summed E-state index contributed by atoms with van der Waals surface area (Å²) in [4.78, 5) is 21.2. The van der Waals surface area contributed by atoms with E-state index in [-0.39, 0.29) is 17.0 Å². The topological polar surface area (TPSA) is 60.2 Å². The molecule has 4 nitrogen and oxygen atoms in total. The van der Waals surface area contributed by atoms with Crippen molar-refractivity contribution in [3.8, 4) is 0 Å².